The summed E-state index contributed by atoms with van der Waals surface area (Å²) in [6.07, 6.45) is 0. The minimum Gasteiger partial charge on any atom is -0.325 e. The maximum Gasteiger partial charge on any atom is 0.0991 e. The zero-order chi connectivity index (χ0) is 9.97. The predicted molar refractivity (Wildman–Crippen MR) is 54.4 cm³/mol. The van der Waals surface area contributed by atoms with E-state index < -0.39 is 0 Å². The quantitative estimate of drug-likeness (QED) is 0.741. The number of nitrogens with zero attached hydrogens (tertiary/aromatic N) is 2. The molecule has 0 radical (unpaired) electrons. The maximum absolute atomic E-state index is 8.73. The van der Waals surface area contributed by atoms with Crippen molar-refractivity contribution in [3.8, 4) is 6.07 Å². The van der Waals surface area contributed by atoms with Crippen molar-refractivity contribution in [1.82, 2.24) is 4.90 Å². The summed E-state index contributed by atoms with van der Waals surface area (Å²) >= 11 is 0. The Balaban J connectivity index is 2.00. The number of benzene rings is 1. The van der Waals surface area contributed by atoms with E-state index in [1.54, 1.807) is 0 Å². The van der Waals surface area contributed by atoms with E-state index in [0.29, 0.717) is 6.04 Å². The zero-order valence-electron chi connectivity index (χ0n) is 7.98. The molecule has 0 aromatic heterocycles. The van der Waals surface area contributed by atoms with Crippen LogP contribution in [0.4, 0.5) is 0 Å². The molecule has 1 aromatic carbocycles. The van der Waals surface area contributed by atoms with Gasteiger partial charge in [0.1, 0.15) is 0 Å². The summed E-state index contributed by atoms with van der Waals surface area (Å²) in [5, 5.41) is 8.73. The lowest BCUT2D eigenvalue weighted by Gasteiger charge is -2.36. The molecule has 0 amide bonds. The molecule has 2 N–H and O–H groups in total. The monoisotopic (exact) mass is 187 g/mol. The van der Waals surface area contributed by atoms with Crippen molar-refractivity contribution in [1.29, 1.82) is 5.26 Å². The van der Waals surface area contributed by atoms with E-state index in [2.05, 4.69) is 11.0 Å². The van der Waals surface area contributed by atoms with Gasteiger partial charge in [-0.15, -0.1) is 0 Å². The Morgan fingerprint density at radius 3 is 2.93 bits per heavy atom. The van der Waals surface area contributed by atoms with Crippen molar-refractivity contribution in [2.24, 2.45) is 5.73 Å². The Morgan fingerprint density at radius 2 is 2.29 bits per heavy atom. The number of nitrogens with two attached hydrogens (primary N) is 1. The van der Waals surface area contributed by atoms with Crippen molar-refractivity contribution in [2.75, 3.05) is 13.1 Å². The highest BCUT2D eigenvalue weighted by molar-refractivity contribution is 5.32. The molecule has 0 aliphatic carbocycles. The van der Waals surface area contributed by atoms with Crippen LogP contribution in [0.5, 0.6) is 0 Å². The highest BCUT2D eigenvalue weighted by Crippen LogP contribution is 2.12. The third-order valence-corrected chi connectivity index (χ3v) is 2.45. The fourth-order valence-corrected chi connectivity index (χ4v) is 1.74. The van der Waals surface area contributed by atoms with Gasteiger partial charge in [0.25, 0.3) is 0 Å². The molecule has 1 saturated heterocycles. The largest absolute Gasteiger partial charge is 0.325 e. The highest BCUT2D eigenvalue weighted by Gasteiger charge is 2.22. The van der Waals surface area contributed by atoms with E-state index in [1.165, 1.54) is 5.56 Å². The summed E-state index contributed by atoms with van der Waals surface area (Å²) in [5.74, 6) is 0. The van der Waals surface area contributed by atoms with Gasteiger partial charge in [-0.25, -0.2) is 0 Å². The van der Waals surface area contributed by atoms with E-state index in [0.717, 1.165) is 25.2 Å². The van der Waals surface area contributed by atoms with Crippen LogP contribution in [-0.2, 0) is 6.54 Å². The molecule has 1 aliphatic heterocycles. The van der Waals surface area contributed by atoms with E-state index >= 15 is 0 Å². The van der Waals surface area contributed by atoms with Crippen LogP contribution < -0.4 is 5.73 Å². The normalized spacial score (nSPS) is 17.4. The van der Waals surface area contributed by atoms with Crippen LogP contribution in [0.1, 0.15) is 11.1 Å². The standard InChI is InChI=1S/C11H13N3/c12-5-9-2-1-3-10(4-9)6-14-7-11(13)8-14/h1-4,11H,6-8,13H2. The molecule has 0 unspecified atom stereocenters. The average molecular weight is 187 g/mol. The Morgan fingerprint density at radius 1 is 1.50 bits per heavy atom. The SMILES string of the molecule is N#Cc1cccc(CN2CC(N)C2)c1. The van der Waals surface area contributed by atoms with Crippen LogP contribution in [0.2, 0.25) is 0 Å². The third-order valence-electron chi connectivity index (χ3n) is 2.45. The summed E-state index contributed by atoms with van der Waals surface area (Å²) in [6, 6.07) is 10.2. The van der Waals surface area contributed by atoms with Gasteiger partial charge in [0.05, 0.1) is 11.6 Å². The summed E-state index contributed by atoms with van der Waals surface area (Å²) in [4.78, 5) is 2.28. The zero-order valence-corrected chi connectivity index (χ0v) is 7.98. The lowest BCUT2D eigenvalue weighted by atomic mass is 10.1. The van der Waals surface area contributed by atoms with E-state index in [1.807, 2.05) is 24.3 Å². The number of likely N-dealkylation sites (tertiary alicyclic amines) is 1. The Bertz CT molecular complexity index is 361. The van der Waals surface area contributed by atoms with Gasteiger partial charge in [-0.05, 0) is 17.7 Å². The van der Waals surface area contributed by atoms with Crippen LogP contribution in [0.3, 0.4) is 0 Å². The second-order valence-corrected chi connectivity index (χ2v) is 3.77. The molecule has 14 heavy (non-hydrogen) atoms. The first-order chi connectivity index (χ1) is 6.78. The molecule has 72 valence electrons. The Kier molecular flexibility index (Phi) is 2.49. The molecule has 0 atom stereocenters. The first-order valence-corrected chi connectivity index (χ1v) is 4.75. The number of nitriles is 1. The fraction of sp³-hybridized carbons (Fsp3) is 0.364. The Labute approximate surface area is 83.7 Å². The summed E-state index contributed by atoms with van der Waals surface area (Å²) < 4.78 is 0. The van der Waals surface area contributed by atoms with Crippen molar-refractivity contribution in [3.63, 3.8) is 0 Å². The van der Waals surface area contributed by atoms with Gasteiger partial charge in [-0.2, -0.15) is 5.26 Å². The number of hydrogen-bond acceptors (Lipinski definition) is 3. The smallest absolute Gasteiger partial charge is 0.0991 e. The van der Waals surface area contributed by atoms with E-state index in [4.69, 9.17) is 11.0 Å². The lowest BCUT2D eigenvalue weighted by molar-refractivity contribution is 0.142. The van der Waals surface area contributed by atoms with Crippen LogP contribution in [0.25, 0.3) is 0 Å². The van der Waals surface area contributed by atoms with Crippen molar-refractivity contribution < 1.29 is 0 Å². The van der Waals surface area contributed by atoms with Gasteiger partial charge < -0.3 is 5.73 Å². The molecular formula is C11H13N3. The lowest BCUT2D eigenvalue weighted by Crippen LogP contribution is -2.54. The second kappa shape index (κ2) is 3.79. The van der Waals surface area contributed by atoms with Crippen LogP contribution in [0.15, 0.2) is 24.3 Å². The summed E-state index contributed by atoms with van der Waals surface area (Å²) in [5.41, 5.74) is 7.60. The summed E-state index contributed by atoms with van der Waals surface area (Å²) in [6.45, 7) is 2.84. The van der Waals surface area contributed by atoms with Crippen molar-refractivity contribution in [2.45, 2.75) is 12.6 Å². The second-order valence-electron chi connectivity index (χ2n) is 3.77. The van der Waals surface area contributed by atoms with Gasteiger partial charge in [0.2, 0.25) is 0 Å². The number of hydrogen-bond donors (Lipinski definition) is 1. The maximum atomic E-state index is 8.73. The Hall–Kier alpha value is -1.37. The minimum atomic E-state index is 0.342. The van der Waals surface area contributed by atoms with Crippen LogP contribution in [0, 0.1) is 11.3 Å². The molecule has 1 fully saturated rings. The highest BCUT2D eigenvalue weighted by atomic mass is 15.2. The van der Waals surface area contributed by atoms with Crippen LogP contribution >= 0.6 is 0 Å². The molecule has 3 heteroatoms. The van der Waals surface area contributed by atoms with Crippen molar-refractivity contribution in [3.05, 3.63) is 35.4 Å². The number of rotatable bonds is 2. The van der Waals surface area contributed by atoms with Gasteiger partial charge in [0.15, 0.2) is 0 Å². The first-order valence-electron chi connectivity index (χ1n) is 4.75. The molecular weight excluding hydrogens is 174 g/mol. The molecule has 0 saturated carbocycles. The predicted octanol–water partition coefficient (Wildman–Crippen LogP) is 0.701. The third kappa shape index (κ3) is 1.92. The molecule has 1 heterocycles. The van der Waals surface area contributed by atoms with Gasteiger partial charge >= 0.3 is 0 Å². The van der Waals surface area contributed by atoms with Gasteiger partial charge in [-0.1, -0.05) is 12.1 Å². The molecule has 3 nitrogen and oxygen atoms in total. The molecule has 0 bridgehead atoms. The van der Waals surface area contributed by atoms with E-state index in [-0.39, 0.29) is 0 Å². The first kappa shape index (κ1) is 9.20. The van der Waals surface area contributed by atoms with Gasteiger partial charge in [0, 0.05) is 25.7 Å². The molecule has 1 aromatic rings. The topological polar surface area (TPSA) is 53.0 Å². The van der Waals surface area contributed by atoms with Crippen molar-refractivity contribution >= 4 is 0 Å². The minimum absolute atomic E-state index is 0.342. The summed E-state index contributed by atoms with van der Waals surface area (Å²) in [7, 11) is 0. The molecule has 1 aliphatic rings. The van der Waals surface area contributed by atoms with Crippen LogP contribution in [-0.4, -0.2) is 24.0 Å². The van der Waals surface area contributed by atoms with E-state index in [9.17, 15) is 0 Å². The molecule has 2 rings (SSSR count). The molecule has 0 spiro atoms. The fourth-order valence-electron chi connectivity index (χ4n) is 1.74. The average Bonchev–Trinajstić information content (AvgIpc) is 2.16. The van der Waals surface area contributed by atoms with Gasteiger partial charge in [-0.3, -0.25) is 4.90 Å².